The minimum absolute atomic E-state index is 0.230. The lowest BCUT2D eigenvalue weighted by atomic mass is 9.96. The highest BCUT2D eigenvalue weighted by Gasteiger charge is 2.18. The second kappa shape index (κ2) is 10.0. The second-order valence-corrected chi connectivity index (χ2v) is 9.19. The lowest BCUT2D eigenvalue weighted by Crippen LogP contribution is -2.11. The van der Waals surface area contributed by atoms with Crippen molar-refractivity contribution in [2.24, 2.45) is 5.92 Å². The van der Waals surface area contributed by atoms with Crippen molar-refractivity contribution >= 4 is 11.0 Å². The summed E-state index contributed by atoms with van der Waals surface area (Å²) < 4.78 is 8.34. The van der Waals surface area contributed by atoms with E-state index in [4.69, 9.17) is 9.72 Å². The third kappa shape index (κ3) is 5.21. The van der Waals surface area contributed by atoms with Crippen LogP contribution in [0.25, 0.3) is 11.0 Å². The van der Waals surface area contributed by atoms with Crippen molar-refractivity contribution in [2.75, 3.05) is 6.61 Å². The van der Waals surface area contributed by atoms with E-state index in [2.05, 4.69) is 92.9 Å². The maximum atomic E-state index is 5.97. The first-order valence-electron chi connectivity index (χ1n) is 11.7. The molecule has 3 aromatic carbocycles. The zero-order chi connectivity index (χ0) is 22.5. The van der Waals surface area contributed by atoms with E-state index in [1.54, 1.807) is 0 Å². The molecule has 32 heavy (non-hydrogen) atoms. The Labute approximate surface area is 192 Å². The Morgan fingerprint density at radius 2 is 1.59 bits per heavy atom. The van der Waals surface area contributed by atoms with Gasteiger partial charge in [-0.15, -0.1) is 0 Å². The van der Waals surface area contributed by atoms with E-state index >= 15 is 0 Å². The number of imidazole rings is 1. The molecule has 0 bridgehead atoms. The zero-order valence-corrected chi connectivity index (χ0v) is 19.7. The number of nitrogens with zero attached hydrogens (tertiary/aromatic N) is 2. The first kappa shape index (κ1) is 22.1. The second-order valence-electron chi connectivity index (χ2n) is 9.19. The number of ether oxygens (including phenoxy) is 1. The first-order chi connectivity index (χ1) is 15.5. The molecule has 4 rings (SSSR count). The van der Waals surface area contributed by atoms with E-state index in [-0.39, 0.29) is 5.92 Å². The third-order valence-electron chi connectivity index (χ3n) is 6.01. The standard InChI is InChI=1S/C29H34N2O/c1-21(2)20-24-12-14-25(15-13-24)23(4)29-30-27-8-5-6-9-28(27)31(29)18-7-19-32-26-16-10-22(3)11-17-26/h5-6,8-17,21,23H,7,18-20H2,1-4H3. The smallest absolute Gasteiger partial charge is 0.119 e. The van der Waals surface area contributed by atoms with Gasteiger partial charge in [0.05, 0.1) is 17.6 Å². The molecule has 3 heteroatoms. The molecule has 1 heterocycles. The molecule has 0 saturated carbocycles. The van der Waals surface area contributed by atoms with E-state index in [1.165, 1.54) is 22.2 Å². The molecule has 0 fully saturated rings. The zero-order valence-electron chi connectivity index (χ0n) is 19.7. The summed E-state index contributed by atoms with van der Waals surface area (Å²) in [4.78, 5) is 5.03. The molecule has 0 saturated heterocycles. The van der Waals surface area contributed by atoms with E-state index < -0.39 is 0 Å². The monoisotopic (exact) mass is 426 g/mol. The largest absolute Gasteiger partial charge is 0.494 e. The Morgan fingerprint density at radius 1 is 0.875 bits per heavy atom. The number of aryl methyl sites for hydroxylation is 2. The van der Waals surface area contributed by atoms with Gasteiger partial charge in [0, 0.05) is 12.5 Å². The fourth-order valence-electron chi connectivity index (χ4n) is 4.27. The van der Waals surface area contributed by atoms with Crippen molar-refractivity contribution in [2.45, 2.75) is 53.0 Å². The maximum Gasteiger partial charge on any atom is 0.119 e. The van der Waals surface area contributed by atoms with Crippen LogP contribution in [0.5, 0.6) is 5.75 Å². The molecule has 1 atom stereocenters. The van der Waals surface area contributed by atoms with Crippen LogP contribution in [0.1, 0.15) is 55.6 Å². The molecular weight excluding hydrogens is 392 g/mol. The topological polar surface area (TPSA) is 27.1 Å². The Hall–Kier alpha value is -3.07. The van der Waals surface area contributed by atoms with Crippen molar-refractivity contribution in [3.8, 4) is 5.75 Å². The number of benzene rings is 3. The summed E-state index contributed by atoms with van der Waals surface area (Å²) in [7, 11) is 0. The van der Waals surface area contributed by atoms with Gasteiger partial charge in [0.1, 0.15) is 11.6 Å². The SMILES string of the molecule is Cc1ccc(OCCCn2c(C(C)c3ccc(CC(C)C)cc3)nc3ccccc32)cc1. The maximum absolute atomic E-state index is 5.97. The van der Waals surface area contributed by atoms with E-state index in [1.807, 2.05) is 12.1 Å². The van der Waals surface area contributed by atoms with Crippen molar-refractivity contribution in [1.29, 1.82) is 0 Å². The van der Waals surface area contributed by atoms with Gasteiger partial charge in [-0.3, -0.25) is 0 Å². The van der Waals surface area contributed by atoms with Crippen molar-refractivity contribution in [1.82, 2.24) is 9.55 Å². The van der Waals surface area contributed by atoms with Gasteiger partial charge >= 0.3 is 0 Å². The molecular formula is C29H34N2O. The molecule has 0 N–H and O–H groups in total. The summed E-state index contributed by atoms with van der Waals surface area (Å²) in [5.41, 5.74) is 6.21. The summed E-state index contributed by atoms with van der Waals surface area (Å²) in [6.45, 7) is 10.5. The molecule has 0 radical (unpaired) electrons. The molecule has 0 spiro atoms. The quantitative estimate of drug-likeness (QED) is 0.265. The highest BCUT2D eigenvalue weighted by molar-refractivity contribution is 5.76. The number of aromatic nitrogens is 2. The van der Waals surface area contributed by atoms with Crippen LogP contribution in [0.3, 0.4) is 0 Å². The van der Waals surface area contributed by atoms with Gasteiger partial charge in [-0.1, -0.05) is 74.9 Å². The minimum atomic E-state index is 0.230. The van der Waals surface area contributed by atoms with Gasteiger partial charge in [-0.25, -0.2) is 4.98 Å². The Morgan fingerprint density at radius 3 is 2.31 bits per heavy atom. The minimum Gasteiger partial charge on any atom is -0.494 e. The summed E-state index contributed by atoms with van der Waals surface area (Å²) >= 11 is 0. The van der Waals surface area contributed by atoms with Crippen molar-refractivity contribution < 1.29 is 4.74 Å². The lowest BCUT2D eigenvalue weighted by Gasteiger charge is -2.16. The third-order valence-corrected chi connectivity index (χ3v) is 6.01. The molecule has 0 amide bonds. The number of hydrogen-bond donors (Lipinski definition) is 0. The van der Waals surface area contributed by atoms with Crippen molar-refractivity contribution in [3.05, 3.63) is 95.3 Å². The van der Waals surface area contributed by atoms with E-state index in [0.717, 1.165) is 36.5 Å². The molecule has 0 aliphatic rings. The molecule has 0 aliphatic heterocycles. The molecule has 3 nitrogen and oxygen atoms in total. The van der Waals surface area contributed by atoms with Gasteiger partial charge in [-0.05, 0) is 61.1 Å². The van der Waals surface area contributed by atoms with Gasteiger partial charge in [0.25, 0.3) is 0 Å². The normalized spacial score (nSPS) is 12.4. The molecule has 0 aliphatic carbocycles. The van der Waals surface area contributed by atoms with Crippen LogP contribution >= 0.6 is 0 Å². The van der Waals surface area contributed by atoms with E-state index in [0.29, 0.717) is 12.5 Å². The van der Waals surface area contributed by atoms with Gasteiger partial charge in [0.2, 0.25) is 0 Å². The Kier molecular flexibility index (Phi) is 6.94. The predicted molar refractivity (Wildman–Crippen MR) is 134 cm³/mol. The molecule has 166 valence electrons. The molecule has 1 unspecified atom stereocenters. The van der Waals surface area contributed by atoms with E-state index in [9.17, 15) is 0 Å². The summed E-state index contributed by atoms with van der Waals surface area (Å²) in [6, 6.07) is 25.8. The Balaban J connectivity index is 1.51. The highest BCUT2D eigenvalue weighted by Crippen LogP contribution is 2.28. The van der Waals surface area contributed by atoms with Gasteiger partial charge in [-0.2, -0.15) is 0 Å². The average Bonchev–Trinajstić information content (AvgIpc) is 3.16. The number of rotatable bonds is 9. The van der Waals surface area contributed by atoms with Crippen LogP contribution in [0.2, 0.25) is 0 Å². The predicted octanol–water partition coefficient (Wildman–Crippen LogP) is 7.16. The Bertz CT molecular complexity index is 1140. The first-order valence-corrected chi connectivity index (χ1v) is 11.7. The lowest BCUT2D eigenvalue weighted by molar-refractivity contribution is 0.301. The van der Waals surface area contributed by atoms with Crippen LogP contribution in [0.15, 0.2) is 72.8 Å². The van der Waals surface area contributed by atoms with Crippen LogP contribution in [-0.4, -0.2) is 16.2 Å². The van der Waals surface area contributed by atoms with Crippen LogP contribution in [0.4, 0.5) is 0 Å². The van der Waals surface area contributed by atoms with Crippen LogP contribution in [0, 0.1) is 12.8 Å². The fourth-order valence-corrected chi connectivity index (χ4v) is 4.27. The van der Waals surface area contributed by atoms with Gasteiger partial charge < -0.3 is 9.30 Å². The van der Waals surface area contributed by atoms with Crippen LogP contribution < -0.4 is 4.74 Å². The van der Waals surface area contributed by atoms with Crippen LogP contribution in [-0.2, 0) is 13.0 Å². The fraction of sp³-hybridized carbons (Fsp3) is 0.345. The van der Waals surface area contributed by atoms with Gasteiger partial charge in [0.15, 0.2) is 0 Å². The molecule has 4 aromatic rings. The van der Waals surface area contributed by atoms with Crippen molar-refractivity contribution in [3.63, 3.8) is 0 Å². The number of para-hydroxylation sites is 2. The summed E-state index contributed by atoms with van der Waals surface area (Å²) in [5, 5.41) is 0. The molecule has 1 aromatic heterocycles. The highest BCUT2D eigenvalue weighted by atomic mass is 16.5. The number of hydrogen-bond acceptors (Lipinski definition) is 2. The number of fused-ring (bicyclic) bond motifs is 1. The summed E-state index contributed by atoms with van der Waals surface area (Å²) in [6.07, 6.45) is 2.05. The summed E-state index contributed by atoms with van der Waals surface area (Å²) in [5.74, 6) is 2.96. The average molecular weight is 427 g/mol.